The third-order valence-electron chi connectivity index (χ3n) is 7.11. The van der Waals surface area contributed by atoms with E-state index in [1.54, 1.807) is 0 Å². The summed E-state index contributed by atoms with van der Waals surface area (Å²) < 4.78 is 11.4. The largest absolute Gasteiger partial charge is 0.379 e. The fourth-order valence-electron chi connectivity index (χ4n) is 5.61. The first-order valence-corrected chi connectivity index (χ1v) is 12.6. The van der Waals surface area contributed by atoms with Gasteiger partial charge in [0.25, 0.3) is 0 Å². The second-order valence-electron chi connectivity index (χ2n) is 9.72. The van der Waals surface area contributed by atoms with Crippen LogP contribution in [0.15, 0.2) is 24.3 Å². The smallest absolute Gasteiger partial charge is 0.222 e. The Balaban J connectivity index is 1.38. The number of rotatable bonds is 6. The molecule has 0 radical (unpaired) electrons. The second-order valence-corrected chi connectivity index (χ2v) is 10.2. The molecule has 3 fully saturated rings. The van der Waals surface area contributed by atoms with Crippen LogP contribution in [0.1, 0.15) is 38.7 Å². The number of carbonyl (C=O) groups is 1. The van der Waals surface area contributed by atoms with Gasteiger partial charge in [-0.05, 0) is 56.8 Å². The maximum atomic E-state index is 13.0. The van der Waals surface area contributed by atoms with Crippen molar-refractivity contribution in [1.29, 1.82) is 0 Å². The molecule has 4 atom stereocenters. The Kier molecular flexibility index (Phi) is 8.46. The molecule has 7 heteroatoms. The Hall–Kier alpha value is -1.18. The number of hydrogen-bond acceptors (Lipinski definition) is 5. The summed E-state index contributed by atoms with van der Waals surface area (Å²) in [5, 5.41) is 0.780. The van der Waals surface area contributed by atoms with Crippen LogP contribution >= 0.6 is 11.6 Å². The molecular weight excluding hydrogens is 426 g/mol. The van der Waals surface area contributed by atoms with E-state index in [0.29, 0.717) is 31.5 Å². The van der Waals surface area contributed by atoms with Crippen molar-refractivity contribution in [3.05, 3.63) is 34.9 Å². The van der Waals surface area contributed by atoms with Crippen LogP contribution in [0.3, 0.4) is 0 Å². The lowest BCUT2D eigenvalue weighted by molar-refractivity contribution is -0.143. The van der Waals surface area contributed by atoms with Gasteiger partial charge in [0.05, 0.1) is 25.4 Å². The molecule has 3 aliphatic rings. The van der Waals surface area contributed by atoms with E-state index in [-0.39, 0.29) is 18.1 Å². The van der Waals surface area contributed by atoms with E-state index in [0.717, 1.165) is 63.8 Å². The van der Waals surface area contributed by atoms with E-state index in [9.17, 15) is 4.79 Å². The van der Waals surface area contributed by atoms with E-state index < -0.39 is 0 Å². The van der Waals surface area contributed by atoms with E-state index in [4.69, 9.17) is 21.1 Å². The van der Waals surface area contributed by atoms with Crippen LogP contribution in [-0.4, -0.2) is 91.3 Å². The van der Waals surface area contributed by atoms with E-state index >= 15 is 0 Å². The third kappa shape index (κ3) is 6.45. The van der Waals surface area contributed by atoms with Gasteiger partial charge < -0.3 is 14.4 Å². The zero-order valence-corrected chi connectivity index (χ0v) is 20.3. The van der Waals surface area contributed by atoms with Gasteiger partial charge >= 0.3 is 0 Å². The van der Waals surface area contributed by atoms with Crippen molar-refractivity contribution in [2.45, 2.75) is 57.9 Å². The van der Waals surface area contributed by atoms with E-state index in [2.05, 4.69) is 35.8 Å². The molecule has 3 heterocycles. The summed E-state index contributed by atoms with van der Waals surface area (Å²) in [4.78, 5) is 20.2. The number of benzene rings is 1. The van der Waals surface area contributed by atoms with Gasteiger partial charge in [0.15, 0.2) is 0 Å². The number of carbonyl (C=O) groups excluding carboxylic acids is 1. The Morgan fingerprint density at radius 3 is 2.41 bits per heavy atom. The molecule has 0 N–H and O–H groups in total. The number of nitrogens with zero attached hydrogens (tertiary/aromatic N) is 3. The van der Waals surface area contributed by atoms with Gasteiger partial charge in [0, 0.05) is 56.8 Å². The number of hydrogen-bond donors (Lipinski definition) is 0. The summed E-state index contributed by atoms with van der Waals surface area (Å²) in [5.41, 5.74) is 1.30. The van der Waals surface area contributed by atoms with Crippen LogP contribution in [0.2, 0.25) is 5.02 Å². The highest BCUT2D eigenvalue weighted by molar-refractivity contribution is 6.30. The molecule has 0 aromatic heterocycles. The molecule has 3 aliphatic heterocycles. The van der Waals surface area contributed by atoms with Crippen LogP contribution in [-0.2, 0) is 20.8 Å². The first-order chi connectivity index (χ1) is 15.5. The molecule has 178 valence electrons. The summed E-state index contributed by atoms with van der Waals surface area (Å²) in [6, 6.07) is 8.72. The monoisotopic (exact) mass is 463 g/mol. The number of ether oxygens (including phenoxy) is 2. The van der Waals surface area contributed by atoms with Crippen molar-refractivity contribution in [1.82, 2.24) is 14.7 Å². The van der Waals surface area contributed by atoms with Crippen molar-refractivity contribution in [2.24, 2.45) is 5.92 Å². The summed E-state index contributed by atoms with van der Waals surface area (Å²) in [7, 11) is 0. The fourth-order valence-corrected chi connectivity index (χ4v) is 5.73. The van der Waals surface area contributed by atoms with Gasteiger partial charge in [-0.25, -0.2) is 0 Å². The first-order valence-electron chi connectivity index (χ1n) is 12.2. The SMILES string of the molecule is C[C@@H]1CN(C(=O)CC[C@H]2CN(Cc3ccc(Cl)cc3)CC[C@H]2N2CCOCC2)C[C@H](C)O1. The average molecular weight is 464 g/mol. The van der Waals surface area contributed by atoms with Crippen LogP contribution in [0.5, 0.6) is 0 Å². The van der Waals surface area contributed by atoms with Crippen molar-refractivity contribution in [3.8, 4) is 0 Å². The minimum absolute atomic E-state index is 0.119. The molecular formula is C25H38ClN3O3. The summed E-state index contributed by atoms with van der Waals surface area (Å²) in [5.74, 6) is 0.775. The normalized spacial score (nSPS) is 30.4. The maximum Gasteiger partial charge on any atom is 0.222 e. The van der Waals surface area contributed by atoms with Crippen molar-refractivity contribution >= 4 is 17.5 Å². The molecule has 4 rings (SSSR count). The Bertz CT molecular complexity index is 730. The number of halogens is 1. The molecule has 0 saturated carbocycles. The molecule has 1 amide bonds. The molecule has 0 unspecified atom stereocenters. The molecule has 0 aliphatic carbocycles. The third-order valence-corrected chi connectivity index (χ3v) is 7.37. The number of likely N-dealkylation sites (tertiary alicyclic amines) is 1. The highest BCUT2D eigenvalue weighted by Crippen LogP contribution is 2.29. The highest BCUT2D eigenvalue weighted by atomic mass is 35.5. The summed E-state index contributed by atoms with van der Waals surface area (Å²) in [6.07, 6.45) is 2.96. The molecule has 3 saturated heterocycles. The van der Waals surface area contributed by atoms with Crippen LogP contribution in [0, 0.1) is 5.92 Å². The molecule has 6 nitrogen and oxygen atoms in total. The minimum atomic E-state index is 0.119. The molecule has 0 bridgehead atoms. The average Bonchev–Trinajstić information content (AvgIpc) is 2.79. The number of morpholine rings is 2. The Labute approximate surface area is 197 Å². The maximum absolute atomic E-state index is 13.0. The topological polar surface area (TPSA) is 45.3 Å². The van der Waals surface area contributed by atoms with Gasteiger partial charge in [0.2, 0.25) is 5.91 Å². The van der Waals surface area contributed by atoms with Crippen molar-refractivity contribution in [2.75, 3.05) is 52.5 Å². The predicted octanol–water partition coefficient (Wildman–Crippen LogP) is 3.28. The van der Waals surface area contributed by atoms with Gasteiger partial charge in [-0.2, -0.15) is 0 Å². The standard InChI is InChI=1S/C25H38ClN3O3/c1-19-15-29(16-20(2)32-19)25(30)8-5-22-18-27(17-21-3-6-23(26)7-4-21)10-9-24(22)28-11-13-31-14-12-28/h3-4,6-7,19-20,22,24H,5,8-18H2,1-2H3/t19-,20+,22-,24+/m0/s1. The van der Waals surface area contributed by atoms with Crippen LogP contribution in [0.4, 0.5) is 0 Å². The van der Waals surface area contributed by atoms with Gasteiger partial charge in [-0.1, -0.05) is 23.7 Å². The van der Waals surface area contributed by atoms with E-state index in [1.807, 2.05) is 17.0 Å². The minimum Gasteiger partial charge on any atom is -0.379 e. The van der Waals surface area contributed by atoms with Gasteiger partial charge in [-0.15, -0.1) is 0 Å². The second kappa shape index (κ2) is 11.3. The predicted molar refractivity (Wildman–Crippen MR) is 127 cm³/mol. The van der Waals surface area contributed by atoms with Crippen molar-refractivity contribution < 1.29 is 14.3 Å². The fraction of sp³-hybridized carbons (Fsp3) is 0.720. The van der Waals surface area contributed by atoms with Gasteiger partial charge in [0.1, 0.15) is 0 Å². The Morgan fingerprint density at radius 2 is 1.72 bits per heavy atom. The lowest BCUT2D eigenvalue weighted by atomic mass is 9.86. The number of amides is 1. The molecule has 1 aromatic carbocycles. The molecule has 1 aromatic rings. The highest BCUT2D eigenvalue weighted by Gasteiger charge is 2.35. The molecule has 32 heavy (non-hydrogen) atoms. The quantitative estimate of drug-likeness (QED) is 0.647. The zero-order chi connectivity index (χ0) is 22.5. The lowest BCUT2D eigenvalue weighted by Gasteiger charge is -2.45. The lowest BCUT2D eigenvalue weighted by Crippen LogP contribution is -2.54. The van der Waals surface area contributed by atoms with Crippen LogP contribution in [0.25, 0.3) is 0 Å². The number of piperidine rings is 1. The van der Waals surface area contributed by atoms with Crippen LogP contribution < -0.4 is 0 Å². The summed E-state index contributed by atoms with van der Waals surface area (Å²) >= 11 is 6.06. The molecule has 0 spiro atoms. The Morgan fingerprint density at radius 1 is 1.03 bits per heavy atom. The van der Waals surface area contributed by atoms with Crippen molar-refractivity contribution in [3.63, 3.8) is 0 Å². The van der Waals surface area contributed by atoms with Gasteiger partial charge in [-0.3, -0.25) is 14.6 Å². The zero-order valence-electron chi connectivity index (χ0n) is 19.5. The summed E-state index contributed by atoms with van der Waals surface area (Å²) in [6.45, 7) is 12.3. The first kappa shape index (κ1) is 24.0. The van der Waals surface area contributed by atoms with E-state index in [1.165, 1.54) is 5.56 Å².